The molecule has 14 heavy (non-hydrogen) atoms. The van der Waals surface area contributed by atoms with Crippen LogP contribution in [0.15, 0.2) is 24.3 Å². The number of hydrogen-bond donors (Lipinski definition) is 1. The summed E-state index contributed by atoms with van der Waals surface area (Å²) < 4.78 is 5.19. The SMILES string of the molecule is Cc1ccccc1[C@H]1OC(=O)N[C@@H]1C. The van der Waals surface area contributed by atoms with Crippen LogP contribution in [0.3, 0.4) is 0 Å². The summed E-state index contributed by atoms with van der Waals surface area (Å²) in [6.07, 6.45) is -0.477. The molecule has 0 saturated carbocycles. The van der Waals surface area contributed by atoms with Gasteiger partial charge in [0, 0.05) is 0 Å². The minimum Gasteiger partial charge on any atom is -0.439 e. The lowest BCUT2D eigenvalue weighted by atomic mass is 9.99. The molecule has 0 aliphatic carbocycles. The van der Waals surface area contributed by atoms with E-state index in [2.05, 4.69) is 5.32 Å². The molecule has 1 N–H and O–H groups in total. The van der Waals surface area contributed by atoms with E-state index in [0.29, 0.717) is 0 Å². The van der Waals surface area contributed by atoms with Crippen LogP contribution in [0.5, 0.6) is 0 Å². The maximum atomic E-state index is 11.0. The molecule has 1 saturated heterocycles. The van der Waals surface area contributed by atoms with E-state index < -0.39 is 0 Å². The summed E-state index contributed by atoms with van der Waals surface area (Å²) in [6, 6.07) is 8.00. The van der Waals surface area contributed by atoms with Gasteiger partial charge in [-0.25, -0.2) is 4.79 Å². The molecule has 1 amide bonds. The Morgan fingerprint density at radius 3 is 2.64 bits per heavy atom. The van der Waals surface area contributed by atoms with Crippen LogP contribution < -0.4 is 5.32 Å². The Kier molecular flexibility index (Phi) is 2.15. The third-order valence-electron chi connectivity index (χ3n) is 2.53. The van der Waals surface area contributed by atoms with Crippen LogP contribution in [0.25, 0.3) is 0 Å². The highest BCUT2D eigenvalue weighted by Crippen LogP contribution is 2.28. The molecular formula is C11H13NO2. The first-order chi connectivity index (χ1) is 6.68. The number of cyclic esters (lactones) is 1. The lowest BCUT2D eigenvalue weighted by Gasteiger charge is -2.15. The number of nitrogens with one attached hydrogen (secondary N) is 1. The molecule has 74 valence electrons. The van der Waals surface area contributed by atoms with Crippen molar-refractivity contribution in [2.24, 2.45) is 0 Å². The first-order valence-electron chi connectivity index (χ1n) is 4.71. The second kappa shape index (κ2) is 3.33. The summed E-state index contributed by atoms with van der Waals surface area (Å²) in [5, 5.41) is 2.73. The van der Waals surface area contributed by atoms with E-state index in [9.17, 15) is 4.79 Å². The van der Waals surface area contributed by atoms with E-state index in [1.54, 1.807) is 0 Å². The van der Waals surface area contributed by atoms with Crippen molar-refractivity contribution in [2.75, 3.05) is 0 Å². The summed E-state index contributed by atoms with van der Waals surface area (Å²) in [7, 11) is 0. The number of benzene rings is 1. The highest BCUT2D eigenvalue weighted by atomic mass is 16.6. The van der Waals surface area contributed by atoms with Gasteiger partial charge in [-0.1, -0.05) is 24.3 Å². The first-order valence-corrected chi connectivity index (χ1v) is 4.71. The molecule has 0 unspecified atom stereocenters. The largest absolute Gasteiger partial charge is 0.439 e. The van der Waals surface area contributed by atoms with Gasteiger partial charge in [-0.3, -0.25) is 0 Å². The monoisotopic (exact) mass is 191 g/mol. The predicted octanol–water partition coefficient (Wildman–Crippen LogP) is 2.16. The lowest BCUT2D eigenvalue weighted by Crippen LogP contribution is -2.24. The van der Waals surface area contributed by atoms with Crippen molar-refractivity contribution in [3.63, 3.8) is 0 Å². The van der Waals surface area contributed by atoms with Crippen molar-refractivity contribution in [1.29, 1.82) is 0 Å². The van der Waals surface area contributed by atoms with Crippen LogP contribution in [-0.4, -0.2) is 12.1 Å². The Morgan fingerprint density at radius 2 is 2.07 bits per heavy atom. The topological polar surface area (TPSA) is 38.3 Å². The van der Waals surface area contributed by atoms with Gasteiger partial charge in [-0.2, -0.15) is 0 Å². The Hall–Kier alpha value is -1.51. The van der Waals surface area contributed by atoms with Crippen molar-refractivity contribution < 1.29 is 9.53 Å². The highest BCUT2D eigenvalue weighted by molar-refractivity contribution is 5.70. The summed E-state index contributed by atoms with van der Waals surface area (Å²) in [5.41, 5.74) is 2.24. The number of alkyl carbamates (subject to hydrolysis) is 1. The second-order valence-corrected chi connectivity index (χ2v) is 3.62. The van der Waals surface area contributed by atoms with Crippen LogP contribution in [0, 0.1) is 6.92 Å². The molecule has 0 bridgehead atoms. The van der Waals surface area contributed by atoms with Crippen molar-refractivity contribution in [2.45, 2.75) is 26.0 Å². The summed E-state index contributed by atoms with van der Waals surface area (Å²) in [6.45, 7) is 3.97. The van der Waals surface area contributed by atoms with E-state index >= 15 is 0 Å². The van der Waals surface area contributed by atoms with Crippen molar-refractivity contribution in [3.8, 4) is 0 Å². The van der Waals surface area contributed by atoms with E-state index in [1.165, 1.54) is 0 Å². The van der Waals surface area contributed by atoms with Crippen LogP contribution in [0.2, 0.25) is 0 Å². The van der Waals surface area contributed by atoms with E-state index in [0.717, 1.165) is 11.1 Å². The van der Waals surface area contributed by atoms with Gasteiger partial charge in [0.25, 0.3) is 0 Å². The number of carbonyl (C=O) groups is 1. The van der Waals surface area contributed by atoms with Gasteiger partial charge >= 0.3 is 6.09 Å². The molecule has 3 nitrogen and oxygen atoms in total. The Balaban J connectivity index is 2.32. The fourth-order valence-corrected chi connectivity index (χ4v) is 1.75. The maximum Gasteiger partial charge on any atom is 0.408 e. The number of aryl methyl sites for hydroxylation is 1. The van der Waals surface area contributed by atoms with Gasteiger partial charge in [0.15, 0.2) is 0 Å². The predicted molar refractivity (Wildman–Crippen MR) is 53.0 cm³/mol. The van der Waals surface area contributed by atoms with Gasteiger partial charge in [0.05, 0.1) is 6.04 Å². The lowest BCUT2D eigenvalue weighted by molar-refractivity contribution is 0.133. The quantitative estimate of drug-likeness (QED) is 0.738. The molecule has 1 heterocycles. The fourth-order valence-electron chi connectivity index (χ4n) is 1.75. The second-order valence-electron chi connectivity index (χ2n) is 3.62. The smallest absolute Gasteiger partial charge is 0.408 e. The van der Waals surface area contributed by atoms with E-state index in [4.69, 9.17) is 4.74 Å². The molecule has 2 rings (SSSR count). The minimum atomic E-state index is -0.328. The van der Waals surface area contributed by atoms with Crippen LogP contribution in [0.1, 0.15) is 24.2 Å². The highest BCUT2D eigenvalue weighted by Gasteiger charge is 2.32. The Bertz CT molecular complexity index is 362. The third-order valence-corrected chi connectivity index (χ3v) is 2.53. The van der Waals surface area contributed by atoms with Gasteiger partial charge in [-0.05, 0) is 25.0 Å². The molecule has 1 aliphatic rings. The first kappa shape index (κ1) is 9.06. The molecule has 0 spiro atoms. The van der Waals surface area contributed by atoms with Crippen molar-refractivity contribution >= 4 is 6.09 Å². The molecule has 1 aromatic carbocycles. The summed E-state index contributed by atoms with van der Waals surface area (Å²) >= 11 is 0. The molecule has 0 radical (unpaired) electrons. The van der Waals surface area contributed by atoms with E-state index in [1.807, 2.05) is 38.1 Å². The van der Waals surface area contributed by atoms with Gasteiger partial charge in [-0.15, -0.1) is 0 Å². The van der Waals surface area contributed by atoms with Crippen LogP contribution in [-0.2, 0) is 4.74 Å². The average molecular weight is 191 g/mol. The fraction of sp³-hybridized carbons (Fsp3) is 0.364. The molecule has 1 aromatic rings. The zero-order chi connectivity index (χ0) is 10.1. The zero-order valence-electron chi connectivity index (χ0n) is 8.28. The minimum absolute atomic E-state index is 0.0450. The molecule has 2 atom stereocenters. The third kappa shape index (κ3) is 1.45. The van der Waals surface area contributed by atoms with E-state index in [-0.39, 0.29) is 18.2 Å². The Morgan fingerprint density at radius 1 is 1.36 bits per heavy atom. The molecule has 3 heteroatoms. The van der Waals surface area contributed by atoms with Gasteiger partial charge in [0.1, 0.15) is 6.10 Å². The van der Waals surface area contributed by atoms with Gasteiger partial charge < -0.3 is 10.1 Å². The number of carbonyl (C=O) groups excluding carboxylic acids is 1. The van der Waals surface area contributed by atoms with Crippen LogP contribution >= 0.6 is 0 Å². The number of hydrogen-bond acceptors (Lipinski definition) is 2. The van der Waals surface area contributed by atoms with Crippen molar-refractivity contribution in [1.82, 2.24) is 5.32 Å². The number of ether oxygens (including phenoxy) is 1. The van der Waals surface area contributed by atoms with Crippen LogP contribution in [0.4, 0.5) is 4.79 Å². The molecule has 1 fully saturated rings. The Labute approximate surface area is 83.1 Å². The average Bonchev–Trinajstić information content (AvgIpc) is 2.46. The standard InChI is InChI=1S/C11H13NO2/c1-7-5-3-4-6-9(7)10-8(2)12-11(13)14-10/h3-6,8,10H,1-2H3,(H,12,13)/t8-,10+/m1/s1. The molecular weight excluding hydrogens is 178 g/mol. The summed E-state index contributed by atoms with van der Waals surface area (Å²) in [4.78, 5) is 11.0. The maximum absolute atomic E-state index is 11.0. The normalized spacial score (nSPS) is 25.7. The van der Waals surface area contributed by atoms with Crippen molar-refractivity contribution in [3.05, 3.63) is 35.4 Å². The number of amides is 1. The molecule has 1 aliphatic heterocycles. The van der Waals surface area contributed by atoms with Gasteiger partial charge in [0.2, 0.25) is 0 Å². The summed E-state index contributed by atoms with van der Waals surface area (Å²) in [5.74, 6) is 0. The zero-order valence-corrected chi connectivity index (χ0v) is 8.28. The molecule has 0 aromatic heterocycles. The number of rotatable bonds is 1.